The molecule has 16 heteroatoms. The normalized spacial score (nSPS) is 15.8. The third-order valence-corrected chi connectivity index (χ3v) is 10.3. The van der Waals surface area contributed by atoms with Crippen molar-refractivity contribution in [1.82, 2.24) is 34.9 Å². The molecule has 1 unspecified atom stereocenters. The predicted molar refractivity (Wildman–Crippen MR) is 218 cm³/mol. The van der Waals surface area contributed by atoms with Crippen LogP contribution < -0.4 is 21.3 Å². The lowest BCUT2D eigenvalue weighted by Crippen LogP contribution is -2.54. The minimum Gasteiger partial charge on any atom is -0.379 e. The van der Waals surface area contributed by atoms with Crippen molar-refractivity contribution in [1.29, 1.82) is 0 Å². The Balaban J connectivity index is 0.886. The summed E-state index contributed by atoms with van der Waals surface area (Å²) in [4.78, 5) is 77.5. The van der Waals surface area contributed by atoms with E-state index >= 15 is 0 Å². The first-order chi connectivity index (χ1) is 27.7. The number of benzene rings is 2. The standard InChI is InChI=1S/C42H48N10O6/c1-6-21-51-24-25(23-44-51)35-29-17-20-43-36(29)49-40(48-35)46-27-12-10-26(11-13-27)45-33(54)16-18-42(4,5)58-22-19-41(2,3)50-30-9-7-8-28-34(30)39(57)52(38(28)56)31-14-15-32(53)47-37(31)55/h7-13,17,20,23-24,31,50H,6,14-16,18-19,21-22H2,1-5H3,(H,45,54)(H,47,53,55)(H2,43,46,48,49). The summed E-state index contributed by atoms with van der Waals surface area (Å²) in [6, 6.07) is 13.2. The van der Waals surface area contributed by atoms with Crippen LogP contribution in [0.4, 0.5) is 23.0 Å². The quantitative estimate of drug-likeness (QED) is 0.0715. The number of amides is 5. The molecule has 302 valence electrons. The van der Waals surface area contributed by atoms with E-state index in [1.54, 1.807) is 18.2 Å². The van der Waals surface area contributed by atoms with Gasteiger partial charge in [-0.15, -0.1) is 0 Å². The van der Waals surface area contributed by atoms with E-state index in [0.29, 0.717) is 42.4 Å². The van der Waals surface area contributed by atoms with Crippen LogP contribution >= 0.6 is 0 Å². The highest BCUT2D eigenvalue weighted by molar-refractivity contribution is 6.25. The Bertz CT molecular complexity index is 2380. The van der Waals surface area contributed by atoms with Gasteiger partial charge in [-0.25, -0.2) is 4.98 Å². The number of ether oxygens (including phenoxy) is 1. The molecule has 58 heavy (non-hydrogen) atoms. The van der Waals surface area contributed by atoms with Gasteiger partial charge in [0.25, 0.3) is 11.8 Å². The van der Waals surface area contributed by atoms with Crippen LogP contribution in [0.3, 0.4) is 0 Å². The summed E-state index contributed by atoms with van der Waals surface area (Å²) in [6.07, 6.45) is 8.01. The minimum absolute atomic E-state index is 0.0503. The summed E-state index contributed by atoms with van der Waals surface area (Å²) in [5, 5.41) is 17.2. The number of carbonyl (C=O) groups is 5. The zero-order chi connectivity index (χ0) is 41.2. The van der Waals surface area contributed by atoms with Crippen LogP contribution in [0.2, 0.25) is 0 Å². The van der Waals surface area contributed by atoms with Gasteiger partial charge in [0.15, 0.2) is 0 Å². The number of H-pyrrole nitrogens is 1. The topological polar surface area (TPSA) is 205 Å². The van der Waals surface area contributed by atoms with Crippen LogP contribution in [0.1, 0.15) is 93.9 Å². The first-order valence-electron chi connectivity index (χ1n) is 19.5. The molecule has 1 saturated heterocycles. The monoisotopic (exact) mass is 788 g/mol. The Morgan fingerprint density at radius 2 is 1.74 bits per heavy atom. The molecule has 1 fully saturated rings. The highest BCUT2D eigenvalue weighted by Crippen LogP contribution is 2.34. The number of imide groups is 2. The Morgan fingerprint density at radius 3 is 2.50 bits per heavy atom. The summed E-state index contributed by atoms with van der Waals surface area (Å²) < 4.78 is 8.15. The maximum absolute atomic E-state index is 13.5. The number of aryl methyl sites for hydroxylation is 1. The van der Waals surface area contributed by atoms with E-state index in [2.05, 4.69) is 43.3 Å². The Kier molecular flexibility index (Phi) is 11.1. The average molecular weight is 789 g/mol. The fourth-order valence-electron chi connectivity index (χ4n) is 7.16. The third kappa shape index (κ3) is 8.76. The summed E-state index contributed by atoms with van der Waals surface area (Å²) >= 11 is 0. The number of fused-ring (bicyclic) bond motifs is 2. The van der Waals surface area contributed by atoms with Gasteiger partial charge in [0.2, 0.25) is 23.7 Å². The Labute approximate surface area is 335 Å². The fourth-order valence-corrected chi connectivity index (χ4v) is 7.16. The van der Waals surface area contributed by atoms with Crippen molar-refractivity contribution >= 4 is 63.6 Å². The maximum atomic E-state index is 13.5. The van der Waals surface area contributed by atoms with Crippen LogP contribution in [0.15, 0.2) is 67.1 Å². The van der Waals surface area contributed by atoms with Crippen LogP contribution in [0, 0.1) is 0 Å². The van der Waals surface area contributed by atoms with E-state index < -0.39 is 40.8 Å². The molecule has 0 bridgehead atoms. The predicted octanol–water partition coefficient (Wildman–Crippen LogP) is 6.17. The van der Waals surface area contributed by atoms with E-state index in [1.165, 1.54) is 0 Å². The van der Waals surface area contributed by atoms with Gasteiger partial charge in [-0.05, 0) is 95.8 Å². The molecule has 5 heterocycles. The number of carbonyl (C=O) groups excluding carboxylic acids is 5. The van der Waals surface area contributed by atoms with Gasteiger partial charge >= 0.3 is 0 Å². The molecule has 1 atom stereocenters. The van der Waals surface area contributed by atoms with Gasteiger partial charge in [0.05, 0.1) is 28.6 Å². The molecule has 5 amide bonds. The molecular weight excluding hydrogens is 741 g/mol. The van der Waals surface area contributed by atoms with Gasteiger partial charge in [-0.2, -0.15) is 10.1 Å². The van der Waals surface area contributed by atoms with Crippen LogP contribution in [0.5, 0.6) is 0 Å². The van der Waals surface area contributed by atoms with Crippen molar-refractivity contribution in [2.24, 2.45) is 0 Å². The molecule has 0 saturated carbocycles. The molecular formula is C42H48N10O6. The van der Waals surface area contributed by atoms with Crippen molar-refractivity contribution in [2.45, 2.75) is 96.9 Å². The van der Waals surface area contributed by atoms with E-state index in [-0.39, 0.29) is 36.3 Å². The fraction of sp³-hybridized carbons (Fsp3) is 0.381. The van der Waals surface area contributed by atoms with E-state index in [0.717, 1.165) is 40.2 Å². The first-order valence-corrected chi connectivity index (χ1v) is 19.5. The van der Waals surface area contributed by atoms with Gasteiger partial charge in [0.1, 0.15) is 11.7 Å². The smallest absolute Gasteiger partial charge is 0.264 e. The van der Waals surface area contributed by atoms with Crippen LogP contribution in [0.25, 0.3) is 22.3 Å². The summed E-state index contributed by atoms with van der Waals surface area (Å²) in [7, 11) is 0. The summed E-state index contributed by atoms with van der Waals surface area (Å²) in [5.74, 6) is -1.92. The molecule has 3 aromatic heterocycles. The van der Waals surface area contributed by atoms with Gasteiger partial charge in [-0.1, -0.05) is 13.0 Å². The minimum atomic E-state index is -1.04. The van der Waals surface area contributed by atoms with Gasteiger partial charge in [0, 0.05) is 71.9 Å². The lowest BCUT2D eigenvalue weighted by molar-refractivity contribution is -0.136. The van der Waals surface area contributed by atoms with E-state index in [4.69, 9.17) is 9.72 Å². The molecule has 0 spiro atoms. The number of aromatic nitrogens is 5. The highest BCUT2D eigenvalue weighted by atomic mass is 16.5. The first kappa shape index (κ1) is 39.8. The van der Waals surface area contributed by atoms with E-state index in [1.807, 2.05) is 81.3 Å². The second-order valence-electron chi connectivity index (χ2n) is 15.9. The molecule has 5 N–H and O–H groups in total. The molecule has 16 nitrogen and oxygen atoms in total. The van der Waals surface area contributed by atoms with Gasteiger partial charge in [-0.3, -0.25) is 38.9 Å². The molecule has 0 radical (unpaired) electrons. The Hall–Kier alpha value is -6.42. The number of anilines is 4. The lowest BCUT2D eigenvalue weighted by Gasteiger charge is -2.31. The lowest BCUT2D eigenvalue weighted by atomic mass is 9.98. The number of nitrogens with one attached hydrogen (secondary N) is 5. The van der Waals surface area contributed by atoms with E-state index in [9.17, 15) is 24.0 Å². The molecule has 7 rings (SSSR count). The summed E-state index contributed by atoms with van der Waals surface area (Å²) in [6.45, 7) is 11.1. The SMILES string of the molecule is CCCn1cc(-c2nc(Nc3ccc(NC(=O)CCC(C)(C)OCCC(C)(C)Nc4cccc5c4C(=O)N(C4CCC(=O)NC4=O)C5=O)cc3)nc3[nH]ccc23)cn1. The second kappa shape index (κ2) is 16.2. The van der Waals surface area contributed by atoms with Crippen molar-refractivity contribution in [3.05, 3.63) is 78.2 Å². The van der Waals surface area contributed by atoms with Crippen molar-refractivity contribution in [3.8, 4) is 11.3 Å². The molecule has 2 aliphatic heterocycles. The number of hydrogen-bond acceptors (Lipinski definition) is 11. The molecule has 2 aromatic carbocycles. The number of nitrogens with zero attached hydrogens (tertiary/aromatic N) is 5. The Morgan fingerprint density at radius 1 is 0.966 bits per heavy atom. The molecule has 5 aromatic rings. The van der Waals surface area contributed by atoms with Crippen molar-refractivity contribution in [3.63, 3.8) is 0 Å². The zero-order valence-electron chi connectivity index (χ0n) is 33.3. The maximum Gasteiger partial charge on any atom is 0.264 e. The number of piperidine rings is 1. The number of rotatable bonds is 16. The van der Waals surface area contributed by atoms with Gasteiger partial charge < -0.3 is 25.7 Å². The number of aromatic amines is 1. The van der Waals surface area contributed by atoms with Crippen LogP contribution in [-0.2, 0) is 25.7 Å². The van der Waals surface area contributed by atoms with Crippen molar-refractivity contribution in [2.75, 3.05) is 22.6 Å². The largest absolute Gasteiger partial charge is 0.379 e. The van der Waals surface area contributed by atoms with Crippen LogP contribution in [-0.4, -0.2) is 83.0 Å². The third-order valence-electron chi connectivity index (χ3n) is 10.3. The van der Waals surface area contributed by atoms with Crippen molar-refractivity contribution < 1.29 is 28.7 Å². The summed E-state index contributed by atoms with van der Waals surface area (Å²) in [5.41, 5.74) is 3.53. The second-order valence-corrected chi connectivity index (χ2v) is 15.9. The molecule has 0 aliphatic carbocycles. The zero-order valence-corrected chi connectivity index (χ0v) is 33.3. The highest BCUT2D eigenvalue weighted by Gasteiger charge is 2.46. The number of hydrogen-bond donors (Lipinski definition) is 5. The molecule has 2 aliphatic rings. The average Bonchev–Trinajstić information content (AvgIpc) is 3.90.